The van der Waals surface area contributed by atoms with E-state index in [2.05, 4.69) is 95.7 Å². The average molecular weight is 2040 g/mol. The minimum Gasteiger partial charge on any atom is -0.508 e. The zero-order valence-corrected chi connectivity index (χ0v) is 81.2. The van der Waals surface area contributed by atoms with E-state index in [4.69, 9.17) is 67.8 Å². The lowest BCUT2D eigenvalue weighted by Gasteiger charge is -2.31. The molecule has 2 aliphatic heterocycles. The van der Waals surface area contributed by atoms with Gasteiger partial charge in [0.25, 0.3) is 0 Å². The number of aliphatic carboxylic acids is 1. The zero-order valence-electron chi connectivity index (χ0n) is 79.5. The fourth-order valence-corrected chi connectivity index (χ4v) is 17.8. The highest BCUT2D eigenvalue weighted by atomic mass is 33.1. The van der Waals surface area contributed by atoms with Gasteiger partial charge in [0.1, 0.15) is 90.0 Å². The van der Waals surface area contributed by atoms with Crippen molar-refractivity contribution in [2.75, 3.05) is 70.4 Å². The lowest BCUT2D eigenvalue weighted by atomic mass is 10.00. The molecule has 6 rings (SSSR count). The number of hydrogen-bond donors (Lipinski definition) is 33. The fraction of sp³-hybridized carbons (Fsp3) is 0.533. The Morgan fingerprint density at radius 1 is 0.413 bits per heavy atom. The van der Waals surface area contributed by atoms with Gasteiger partial charge in [0, 0.05) is 76.6 Å². The van der Waals surface area contributed by atoms with E-state index in [1.165, 1.54) is 53.4 Å². The van der Waals surface area contributed by atoms with Crippen LogP contribution in [0.25, 0.3) is 10.8 Å². The summed E-state index contributed by atoms with van der Waals surface area (Å²) < 4.78 is 0. The quantitative estimate of drug-likeness (QED) is 0.00848. The van der Waals surface area contributed by atoms with Gasteiger partial charge in [-0.15, -0.1) is 0 Å². The molecular formula is C90H139N31O20S2. The van der Waals surface area contributed by atoms with Crippen LogP contribution in [0, 0.1) is 16.2 Å². The topological polar surface area (TPSA) is 876 Å². The number of aromatic hydroxyl groups is 2. The van der Waals surface area contributed by atoms with E-state index in [9.17, 15) is 39.3 Å². The number of unbranched alkanes of at least 4 members (excludes halogenated alkanes) is 2. The number of carboxylic acids is 1. The van der Waals surface area contributed by atoms with Gasteiger partial charge in [-0.05, 0) is 193 Å². The van der Waals surface area contributed by atoms with Crippen LogP contribution in [0.15, 0.2) is 91.0 Å². The largest absolute Gasteiger partial charge is 0.508 e. The summed E-state index contributed by atoms with van der Waals surface area (Å²) in [7, 11) is 1.44. The van der Waals surface area contributed by atoms with Gasteiger partial charge in [-0.1, -0.05) is 88.3 Å². The predicted octanol–water partition coefficient (Wildman–Crippen LogP) is -5.71. The second-order valence-corrected chi connectivity index (χ2v) is 36.9. The second-order valence-electron chi connectivity index (χ2n) is 34.4. The number of amides is 19. The summed E-state index contributed by atoms with van der Waals surface area (Å²) in [6.07, 6.45) is -1.89. The van der Waals surface area contributed by atoms with Crippen molar-refractivity contribution in [2.45, 2.75) is 232 Å². The Morgan fingerprint density at radius 2 is 0.811 bits per heavy atom. The number of rotatable bonds is 47. The lowest BCUT2D eigenvalue weighted by Crippen LogP contribution is -2.61. The smallest absolute Gasteiger partial charge is 0.326 e. The van der Waals surface area contributed by atoms with Gasteiger partial charge in [-0.3, -0.25) is 78.6 Å². The van der Waals surface area contributed by atoms with Gasteiger partial charge in [0.05, 0.1) is 6.04 Å². The molecule has 0 aromatic heterocycles. The maximum Gasteiger partial charge on any atom is 0.326 e. The van der Waals surface area contributed by atoms with Crippen LogP contribution in [-0.4, -0.2) is 294 Å². The maximum absolute atomic E-state index is 16.0. The van der Waals surface area contributed by atoms with Crippen molar-refractivity contribution in [1.82, 2.24) is 101 Å². The van der Waals surface area contributed by atoms with E-state index in [0.29, 0.717) is 29.4 Å². The van der Waals surface area contributed by atoms with Gasteiger partial charge in [0.15, 0.2) is 17.9 Å². The first-order valence-electron chi connectivity index (χ1n) is 47.2. The number of nitrogens with zero attached hydrogens (tertiary/aromatic N) is 1. The fourth-order valence-electron chi connectivity index (χ4n) is 15.5. The Hall–Kier alpha value is -14.5. The molecule has 53 heteroatoms. The van der Waals surface area contributed by atoms with Crippen molar-refractivity contribution < 1.29 is 96.8 Å². The van der Waals surface area contributed by atoms with Crippen molar-refractivity contribution in [1.29, 1.82) is 16.2 Å². The van der Waals surface area contributed by atoms with E-state index in [-0.39, 0.29) is 198 Å². The highest BCUT2D eigenvalue weighted by molar-refractivity contribution is 8.76. The molecule has 19 amide bonds. The maximum atomic E-state index is 16.0. The SMILES string of the molecule is N=C(N)NCCC[C@H](NC(=O)[C@@H]1CSSC[C@H](NC(=O)[C@H](Cc2ccc3ccccc3c2)NC(=O)[C@H](CCCNC(=N)N)NC(=O)[C@@H](N)CCCNC(N)=O)C(=O)N[C@@H](Cc2ccc(O)cc2)C(=O)N[C@@H](CCCNC(=N)N)C(=O)N[C@@H](CCCCN)C(=O)N[C@H](CCCCN)C(=O)N2CCC[C@H]2C(=O)N[C@@H](Cc2ccc(O)cc2)C(=O)N[C@@H](CCCNC(N)=O)C(=O)N[C@@H](CCCNC(N)=O)C(=O)N1)C(=O)O. The number of carbonyl (C=O) groups is 17. The van der Waals surface area contributed by atoms with E-state index in [0.717, 1.165) is 27.0 Å². The van der Waals surface area contributed by atoms with E-state index in [1.807, 2.05) is 6.07 Å². The third-order valence-electron chi connectivity index (χ3n) is 23.1. The Bertz CT molecular complexity index is 4980. The van der Waals surface area contributed by atoms with Crippen molar-refractivity contribution in [3.63, 3.8) is 0 Å². The number of nitrogens with two attached hydrogens (primary N) is 9. The summed E-state index contributed by atoms with van der Waals surface area (Å²) in [5.41, 5.74) is 52.3. The molecular weight excluding hydrogens is 1900 g/mol. The first-order valence-corrected chi connectivity index (χ1v) is 49.7. The zero-order chi connectivity index (χ0) is 105. The molecule has 4 aromatic carbocycles. The Morgan fingerprint density at radius 3 is 1.29 bits per heavy atom. The van der Waals surface area contributed by atoms with Crippen LogP contribution in [0.4, 0.5) is 14.4 Å². The van der Waals surface area contributed by atoms with Crippen LogP contribution < -0.4 is 147 Å². The monoisotopic (exact) mass is 2040 g/mol. The molecule has 0 spiro atoms. The van der Waals surface area contributed by atoms with Crippen molar-refractivity contribution >= 4 is 151 Å². The van der Waals surface area contributed by atoms with Crippen LogP contribution >= 0.6 is 21.6 Å². The van der Waals surface area contributed by atoms with E-state index in [1.54, 1.807) is 36.4 Å². The third kappa shape index (κ3) is 43.7. The molecule has 51 nitrogen and oxygen atoms in total. The summed E-state index contributed by atoms with van der Waals surface area (Å²) in [5, 5.41) is 103. The van der Waals surface area contributed by atoms with Crippen LogP contribution in [0.2, 0.25) is 0 Å². The highest BCUT2D eigenvalue weighted by Crippen LogP contribution is 2.27. The van der Waals surface area contributed by atoms with Crippen molar-refractivity contribution in [2.24, 2.45) is 51.6 Å². The van der Waals surface area contributed by atoms with Gasteiger partial charge < -0.3 is 168 Å². The molecule has 0 saturated carbocycles. The molecule has 2 fully saturated rings. The number of urea groups is 3. The lowest BCUT2D eigenvalue weighted by molar-refractivity contribution is -0.142. The van der Waals surface area contributed by atoms with Crippen LogP contribution in [-0.2, 0) is 86.4 Å². The molecule has 2 saturated heterocycles. The second kappa shape index (κ2) is 62.6. The van der Waals surface area contributed by atoms with Gasteiger partial charge >= 0.3 is 24.1 Å². The summed E-state index contributed by atoms with van der Waals surface area (Å²) in [4.78, 5) is 249. The summed E-state index contributed by atoms with van der Waals surface area (Å²) in [6.45, 7) is -0.364. The normalized spacial score (nSPS) is 20.2. The predicted molar refractivity (Wildman–Crippen MR) is 533 cm³/mol. The number of benzene rings is 4. The number of phenols is 2. The van der Waals surface area contributed by atoms with Gasteiger partial charge in [-0.25, -0.2) is 19.2 Å². The Labute approximate surface area is 834 Å². The van der Waals surface area contributed by atoms with Crippen LogP contribution in [0.3, 0.4) is 0 Å². The number of hydrogen-bond acceptors (Lipinski definition) is 27. The number of guanidine groups is 3. The van der Waals surface area contributed by atoms with Crippen LogP contribution in [0.5, 0.6) is 11.5 Å². The first kappa shape index (κ1) is 117. The Kier molecular flexibility index (Phi) is 51.4. The molecule has 786 valence electrons. The first-order chi connectivity index (χ1) is 68.2. The van der Waals surface area contributed by atoms with Crippen LogP contribution in [0.1, 0.15) is 145 Å². The highest BCUT2D eigenvalue weighted by Gasteiger charge is 2.43. The molecule has 143 heavy (non-hydrogen) atoms. The molecule has 2 heterocycles. The molecule has 42 N–H and O–H groups in total. The molecule has 0 aliphatic carbocycles. The minimum absolute atomic E-state index is 0.0000105. The number of primary amides is 3. The van der Waals surface area contributed by atoms with Crippen molar-refractivity contribution in [3.05, 3.63) is 108 Å². The molecule has 2 aliphatic rings. The van der Waals surface area contributed by atoms with E-state index >= 15 is 57.5 Å². The number of carbonyl (C=O) groups excluding carboxylic acids is 16. The molecule has 4 aromatic rings. The average Bonchev–Trinajstić information content (AvgIpc) is 1.48. The molecule has 0 bridgehead atoms. The summed E-state index contributed by atoms with van der Waals surface area (Å²) in [6, 6.07) is -2.72. The standard InChI is InChI=1S/C90H139N31O20S2/c91-35-5-3-17-58-74(127)114-63(18-4-6-36-92)83(136)121-43-13-24-70(121)82(135)118-66(46-51-28-33-56(123)34-29-51)78(131)113-61(21-10-41-107-89(101)140)73(126)111-62(22-11-42-108-90(102)141)76(129)119-68(80(133)115-64(84(137)138)23-12-39-105-87(98)99)48-142-143-49-69(81(134)117-65(45-50-26-31-55(122)32-27-50)77(130)112-60(72(125)110-58)20-9-38-104-86(96)97)120-79(132)67(47-52-25-30-53-14-1-2-15-54(53)44-52)116-75(128)59(19-8-37-103-85(94)95)109-71(124)57(93)16-7-40-106-88(100)139/h1-2,14-15,25-34,44,57-70,122-123H,3-13,16-24,35-43,45-49,91-93H2,(H,109,124)(H,110,125)(H,111,126)(H,112,130)(H,113,131)(H,114,127)(H,115,133)(H,116,128)(H,117,134)(H,118,135)(H,119,129)(H,120,132)(H,137,138)(H4,94,95,103)(H4,96,97,104)(H4,98,99,105)(H3,100,106,139)(H3,101,107,140)(H3,102,108,141)/t57-,58-,59-,60-,61-,62-,63+,64-,65-,66-,67-,68-,69-,70-/m0/s1. The Balaban J connectivity index is 1.61. The number of phenolic OH excluding ortho intramolecular Hbond substituents is 2. The summed E-state index contributed by atoms with van der Waals surface area (Å²) in [5.74, 6) is -17.9. The van der Waals surface area contributed by atoms with E-state index < -0.39 is 228 Å². The van der Waals surface area contributed by atoms with Crippen molar-refractivity contribution in [3.8, 4) is 11.5 Å². The summed E-state index contributed by atoms with van der Waals surface area (Å²) >= 11 is 0. The number of carboxylic acid groups (broad SMARTS) is 1. The molecule has 0 unspecified atom stereocenters. The number of nitrogens with one attached hydrogen (secondary N) is 21. The number of fused-ring (bicyclic) bond motifs is 2. The third-order valence-corrected chi connectivity index (χ3v) is 25.5. The van der Waals surface area contributed by atoms with Gasteiger partial charge in [-0.2, -0.15) is 0 Å². The molecule has 0 radical (unpaired) electrons. The van der Waals surface area contributed by atoms with Gasteiger partial charge in [0.2, 0.25) is 76.8 Å². The molecule has 14 atom stereocenters. The minimum atomic E-state index is -1.92.